The Hall–Kier alpha value is -1.64. The topological polar surface area (TPSA) is 110 Å². The summed E-state index contributed by atoms with van der Waals surface area (Å²) in [5.74, 6) is -0.652. The van der Waals surface area contributed by atoms with Gasteiger partial charge >= 0.3 is 0 Å². The molecule has 0 spiro atoms. The summed E-state index contributed by atoms with van der Waals surface area (Å²) in [6.07, 6.45) is 0.414. The number of carbonyl (C=O) groups is 2. The van der Waals surface area contributed by atoms with E-state index >= 15 is 0 Å². The number of nitrogens with two attached hydrogens (primary N) is 1. The van der Waals surface area contributed by atoms with Crippen LogP contribution in [0.15, 0.2) is 30.3 Å². The lowest BCUT2D eigenvalue weighted by atomic mass is 10.1. The van der Waals surface area contributed by atoms with Crippen molar-refractivity contribution < 1.29 is 18.0 Å². The van der Waals surface area contributed by atoms with Crippen LogP contribution in [0.25, 0.3) is 0 Å². The van der Waals surface area contributed by atoms with Crippen molar-refractivity contribution in [3.05, 3.63) is 35.9 Å². The van der Waals surface area contributed by atoms with Gasteiger partial charge in [0.25, 0.3) is 0 Å². The van der Waals surface area contributed by atoms with Crippen LogP contribution in [-0.4, -0.2) is 55.8 Å². The average Bonchev–Trinajstić information content (AvgIpc) is 2.90. The number of halogens is 1. The molecule has 2 amide bonds. The molecule has 1 heterocycles. The maximum atomic E-state index is 12.5. The molecule has 140 valence electrons. The lowest BCUT2D eigenvalue weighted by Gasteiger charge is -2.24. The number of rotatable bonds is 6. The fourth-order valence-electron chi connectivity index (χ4n) is 2.70. The summed E-state index contributed by atoms with van der Waals surface area (Å²) in [6.45, 7) is 1.98. The fraction of sp³-hybridized carbons (Fsp3) is 0.500. The number of nitrogens with one attached hydrogen (secondary N) is 1. The second-order valence-electron chi connectivity index (χ2n) is 5.91. The fourth-order valence-corrected chi connectivity index (χ4v) is 4.37. The molecule has 2 atom stereocenters. The summed E-state index contributed by atoms with van der Waals surface area (Å²) >= 11 is 0. The lowest BCUT2D eigenvalue weighted by molar-refractivity contribution is -0.137. The normalized spacial score (nSPS) is 19.5. The van der Waals surface area contributed by atoms with Gasteiger partial charge in [-0.2, -0.15) is 0 Å². The zero-order chi connectivity index (χ0) is 17.7. The third-order valence-electron chi connectivity index (χ3n) is 4.05. The first-order valence-electron chi connectivity index (χ1n) is 7.91. The summed E-state index contributed by atoms with van der Waals surface area (Å²) in [5, 5.41) is 2.68. The van der Waals surface area contributed by atoms with Crippen LogP contribution in [0.3, 0.4) is 0 Å². The van der Waals surface area contributed by atoms with Crippen LogP contribution in [0.4, 0.5) is 0 Å². The van der Waals surface area contributed by atoms with Gasteiger partial charge in [0.2, 0.25) is 11.8 Å². The SMILES string of the molecule is CCN(CC(=O)NC1CCS(=O)(=O)C1)C(=O)C(N)c1ccccc1.Cl. The van der Waals surface area contributed by atoms with Crippen molar-refractivity contribution in [2.75, 3.05) is 24.6 Å². The molecule has 3 N–H and O–H groups in total. The lowest BCUT2D eigenvalue weighted by Crippen LogP contribution is -2.46. The van der Waals surface area contributed by atoms with Gasteiger partial charge in [-0.3, -0.25) is 9.59 Å². The first-order chi connectivity index (χ1) is 11.3. The number of likely N-dealkylation sites (N-methyl/N-ethyl adjacent to an activating group) is 1. The van der Waals surface area contributed by atoms with Crippen molar-refractivity contribution in [3.63, 3.8) is 0 Å². The molecule has 0 bridgehead atoms. The molecule has 1 saturated heterocycles. The van der Waals surface area contributed by atoms with Gasteiger partial charge in [0.05, 0.1) is 18.1 Å². The molecular weight excluding hydrogens is 366 g/mol. The molecule has 1 aromatic carbocycles. The molecule has 0 radical (unpaired) electrons. The second-order valence-corrected chi connectivity index (χ2v) is 8.14. The Balaban J connectivity index is 0.00000312. The Labute approximate surface area is 154 Å². The van der Waals surface area contributed by atoms with Crippen molar-refractivity contribution in [2.45, 2.75) is 25.4 Å². The van der Waals surface area contributed by atoms with E-state index in [4.69, 9.17) is 5.73 Å². The number of hydrogen-bond donors (Lipinski definition) is 2. The molecule has 1 aliphatic rings. The van der Waals surface area contributed by atoms with Gasteiger partial charge in [-0.05, 0) is 18.9 Å². The molecule has 0 aliphatic carbocycles. The van der Waals surface area contributed by atoms with E-state index < -0.39 is 15.9 Å². The van der Waals surface area contributed by atoms with Crippen LogP contribution < -0.4 is 11.1 Å². The van der Waals surface area contributed by atoms with E-state index in [2.05, 4.69) is 5.32 Å². The van der Waals surface area contributed by atoms with Gasteiger partial charge < -0.3 is 16.0 Å². The standard InChI is InChI=1S/C16H23N3O4S.ClH/c1-2-19(16(21)15(17)12-6-4-3-5-7-12)10-14(20)18-13-8-9-24(22,23)11-13;/h3-7,13,15H,2,8-11,17H2,1H3,(H,18,20);1H. The van der Waals surface area contributed by atoms with Gasteiger partial charge in [0.15, 0.2) is 9.84 Å². The van der Waals surface area contributed by atoms with E-state index in [1.54, 1.807) is 31.2 Å². The molecule has 25 heavy (non-hydrogen) atoms. The molecule has 1 fully saturated rings. The van der Waals surface area contributed by atoms with E-state index in [1.165, 1.54) is 4.90 Å². The number of benzene rings is 1. The van der Waals surface area contributed by atoms with Gasteiger partial charge in [0, 0.05) is 12.6 Å². The highest BCUT2D eigenvalue weighted by Crippen LogP contribution is 2.14. The minimum absolute atomic E-state index is 0. The van der Waals surface area contributed by atoms with Gasteiger partial charge in [-0.15, -0.1) is 12.4 Å². The highest BCUT2D eigenvalue weighted by atomic mass is 35.5. The molecule has 2 rings (SSSR count). The molecule has 7 nitrogen and oxygen atoms in total. The first-order valence-corrected chi connectivity index (χ1v) is 9.73. The molecule has 0 saturated carbocycles. The summed E-state index contributed by atoms with van der Waals surface area (Å²) in [4.78, 5) is 25.9. The highest BCUT2D eigenvalue weighted by molar-refractivity contribution is 7.91. The van der Waals surface area contributed by atoms with Crippen LogP contribution in [0.5, 0.6) is 0 Å². The van der Waals surface area contributed by atoms with Gasteiger partial charge in [0.1, 0.15) is 6.04 Å². The molecule has 2 unspecified atom stereocenters. The van der Waals surface area contributed by atoms with Gasteiger partial charge in [-0.25, -0.2) is 8.42 Å². The Morgan fingerprint density at radius 2 is 1.96 bits per heavy atom. The largest absolute Gasteiger partial charge is 0.351 e. The minimum Gasteiger partial charge on any atom is -0.351 e. The number of nitrogens with zero attached hydrogens (tertiary/aromatic N) is 1. The van der Waals surface area contributed by atoms with Crippen molar-refractivity contribution in [2.24, 2.45) is 5.73 Å². The third-order valence-corrected chi connectivity index (χ3v) is 5.82. The smallest absolute Gasteiger partial charge is 0.244 e. The summed E-state index contributed by atoms with van der Waals surface area (Å²) < 4.78 is 22.8. The Kier molecular flexibility index (Phi) is 7.85. The van der Waals surface area contributed by atoms with Crippen LogP contribution >= 0.6 is 12.4 Å². The highest BCUT2D eigenvalue weighted by Gasteiger charge is 2.30. The molecule has 1 aromatic rings. The summed E-state index contributed by atoms with van der Waals surface area (Å²) in [5.41, 5.74) is 6.67. The molecule has 1 aliphatic heterocycles. The number of sulfone groups is 1. The maximum absolute atomic E-state index is 12.5. The van der Waals surface area contributed by atoms with Crippen LogP contribution in [0.1, 0.15) is 24.9 Å². The molecule has 9 heteroatoms. The molecule has 0 aromatic heterocycles. The van der Waals surface area contributed by atoms with Crippen molar-refractivity contribution in [1.29, 1.82) is 0 Å². The summed E-state index contributed by atoms with van der Waals surface area (Å²) in [7, 11) is -3.06. The zero-order valence-corrected chi connectivity index (χ0v) is 15.7. The third kappa shape index (κ3) is 5.98. The quantitative estimate of drug-likeness (QED) is 0.725. The average molecular weight is 390 g/mol. The van der Waals surface area contributed by atoms with Crippen molar-refractivity contribution >= 4 is 34.1 Å². The number of hydrogen-bond acceptors (Lipinski definition) is 5. The number of amides is 2. The zero-order valence-electron chi connectivity index (χ0n) is 14.1. The van der Waals surface area contributed by atoms with Crippen molar-refractivity contribution in [1.82, 2.24) is 10.2 Å². The Morgan fingerprint density at radius 1 is 1.32 bits per heavy atom. The Bertz CT molecular complexity index is 697. The maximum Gasteiger partial charge on any atom is 0.244 e. The van der Waals surface area contributed by atoms with E-state index in [0.717, 1.165) is 0 Å². The Morgan fingerprint density at radius 3 is 2.48 bits per heavy atom. The van der Waals surface area contributed by atoms with E-state index in [1.807, 2.05) is 6.07 Å². The van der Waals surface area contributed by atoms with Gasteiger partial charge in [-0.1, -0.05) is 30.3 Å². The first kappa shape index (κ1) is 21.4. The van der Waals surface area contributed by atoms with Crippen LogP contribution in [-0.2, 0) is 19.4 Å². The predicted octanol–water partition coefficient (Wildman–Crippen LogP) is 0.260. The second kappa shape index (κ2) is 9.17. The van der Waals surface area contributed by atoms with Crippen LogP contribution in [0.2, 0.25) is 0 Å². The van der Waals surface area contributed by atoms with E-state index in [9.17, 15) is 18.0 Å². The van der Waals surface area contributed by atoms with Crippen LogP contribution in [0, 0.1) is 0 Å². The van der Waals surface area contributed by atoms with E-state index in [-0.39, 0.29) is 48.3 Å². The van der Waals surface area contributed by atoms with Crippen molar-refractivity contribution in [3.8, 4) is 0 Å². The van der Waals surface area contributed by atoms with E-state index in [0.29, 0.717) is 18.5 Å². The predicted molar refractivity (Wildman–Crippen MR) is 98.1 cm³/mol. The number of carbonyl (C=O) groups excluding carboxylic acids is 2. The summed E-state index contributed by atoms with van der Waals surface area (Å²) in [6, 6.07) is 7.75. The molecular formula is C16H24ClN3O4S. The monoisotopic (exact) mass is 389 g/mol. The minimum atomic E-state index is -3.06.